The molecular weight excluding hydrogens is 1020 g/mol. The lowest BCUT2D eigenvalue weighted by molar-refractivity contribution is 0.872. The fourth-order valence-electron chi connectivity index (χ4n) is 1.00. The largest absolute Gasteiger partial charge is 0.253 e. The monoisotopic (exact) mass is 1030 g/mol. The predicted molar refractivity (Wildman–Crippen MR) is 135 cm³/mol. The molecule has 10 heteroatoms. The number of hydrogen-bond donors (Lipinski definition) is 0. The van der Waals surface area contributed by atoms with Crippen LogP contribution in [0.15, 0.2) is 0 Å². The van der Waals surface area contributed by atoms with Crippen LogP contribution in [0.4, 0.5) is 0 Å². The number of halogens is 7. The summed E-state index contributed by atoms with van der Waals surface area (Å²) in [5.41, 5.74) is 0.970. The number of hydrogen-bond acceptors (Lipinski definition) is 0. The quantitative estimate of drug-likeness (QED) is 0.165. The zero-order valence-corrected chi connectivity index (χ0v) is 25.5. The topological polar surface area (TPSA) is 0 Å². The summed E-state index contributed by atoms with van der Waals surface area (Å²) < 4.78 is -3.20. The van der Waals surface area contributed by atoms with E-state index in [4.69, 9.17) is 0 Å². The Balaban J connectivity index is 5.29. The van der Waals surface area contributed by atoms with Crippen LogP contribution in [-0.2, 0) is 0 Å². The van der Waals surface area contributed by atoms with Crippen LogP contribution < -0.4 is 0 Å². The fraction of sp³-hybridized carbons (Fsp3) is 1.00. The highest BCUT2D eigenvalue weighted by Gasteiger charge is 2.64. The van der Waals surface area contributed by atoms with Crippen molar-refractivity contribution in [1.82, 2.24) is 0 Å². The fourth-order valence-corrected chi connectivity index (χ4v) is 232. The van der Waals surface area contributed by atoms with Crippen molar-refractivity contribution in [1.29, 1.82) is 0 Å². The van der Waals surface area contributed by atoms with Gasteiger partial charge in [0.15, 0.2) is 4.61 Å². The van der Waals surface area contributed by atoms with E-state index in [1.807, 2.05) is 0 Å². The van der Waals surface area contributed by atoms with Gasteiger partial charge in [-0.2, -0.15) is 0 Å². The third kappa shape index (κ3) is 4.95. The van der Waals surface area contributed by atoms with Gasteiger partial charge in [-0.05, 0) is 5.54 Å². The normalized spacial score (nSPS) is 16.9. The Hall–Kier alpha value is 5.76. The second-order valence-electron chi connectivity index (χ2n) is 3.02. The van der Waals surface area contributed by atoms with Gasteiger partial charge in [0.05, 0.1) is 0 Å². The van der Waals surface area contributed by atoms with Crippen molar-refractivity contribution in [3.8, 4) is 0 Å². The van der Waals surface area contributed by atoms with Gasteiger partial charge < -0.3 is 0 Å². The molecular formula is C4H9I7Si3. The van der Waals surface area contributed by atoms with E-state index in [-0.39, 0.29) is 0 Å². The third-order valence-electron chi connectivity index (χ3n) is 2.12. The average Bonchev–Trinajstić information content (AvgIpc) is 1.97. The summed E-state index contributed by atoms with van der Waals surface area (Å²) in [6.45, 7) is 4.85. The molecule has 0 bridgehead atoms. The Kier molecular flexibility index (Phi) is 10.8. The van der Waals surface area contributed by atoms with E-state index in [0.29, 0.717) is 0 Å². The minimum absolute atomic E-state index is 0.970. The summed E-state index contributed by atoms with van der Waals surface area (Å²) in [7, 11) is 0. The standard InChI is InChI=1S/C4H9I7Si3/c1-3-4(2)12(5,13(6,7)8)14(9,10)11/h4H,3H2,1-2H3. The van der Waals surface area contributed by atoms with Crippen molar-refractivity contribution >= 4 is 157 Å². The lowest BCUT2D eigenvalue weighted by Crippen LogP contribution is -2.61. The molecule has 0 aliphatic heterocycles. The molecule has 0 radical (unpaired) electrons. The van der Waals surface area contributed by atoms with Gasteiger partial charge in [-0.3, -0.25) is 0 Å². The summed E-state index contributed by atoms with van der Waals surface area (Å²) in [6, 6.07) is 0. The van der Waals surface area contributed by atoms with Crippen molar-refractivity contribution < 1.29 is 0 Å². The lowest BCUT2D eigenvalue weighted by Gasteiger charge is -2.41. The molecule has 1 unspecified atom stereocenters. The van der Waals surface area contributed by atoms with Crippen molar-refractivity contribution in [2.75, 3.05) is 0 Å². The van der Waals surface area contributed by atoms with E-state index in [0.717, 1.165) is 5.54 Å². The maximum atomic E-state index is 2.93. The molecule has 0 amide bonds. The molecule has 0 heterocycles. The third-order valence-corrected chi connectivity index (χ3v) is 167. The maximum Gasteiger partial charge on any atom is 0.253 e. The van der Waals surface area contributed by atoms with Gasteiger partial charge in [-0.25, -0.2) is 0 Å². The SMILES string of the molecule is CCC(C)[Si](I)([Si](I)(I)I)[Si](I)(I)I. The van der Waals surface area contributed by atoms with Crippen LogP contribution in [0.3, 0.4) is 0 Å². The van der Waals surface area contributed by atoms with Gasteiger partial charge in [0.2, 0.25) is 0 Å². The summed E-state index contributed by atoms with van der Waals surface area (Å²) in [6.07, 6.45) is 1.36. The molecule has 0 saturated carbocycles. The molecule has 0 N–H and O–H groups in total. The molecule has 0 aromatic carbocycles. The molecule has 14 heavy (non-hydrogen) atoms. The van der Waals surface area contributed by atoms with E-state index in [2.05, 4.69) is 166 Å². The zero-order chi connectivity index (χ0) is 11.8. The van der Waals surface area contributed by atoms with Gasteiger partial charge in [0, 0.05) is 0 Å². The number of rotatable bonds is 4. The predicted octanol–water partition coefficient (Wildman–Crippen LogP) is 6.81. The molecule has 0 aromatic rings. The second kappa shape index (κ2) is 7.68. The smallest absolute Gasteiger partial charge is 0.119 e. The maximum absolute atomic E-state index is 2.93. The minimum Gasteiger partial charge on any atom is -0.119 e. The highest BCUT2D eigenvalue weighted by Crippen LogP contribution is 2.59. The molecule has 0 fully saturated rings. The molecule has 0 spiro atoms. The second-order valence-corrected chi connectivity index (χ2v) is 114. The first-order valence-electron chi connectivity index (χ1n) is 3.80. The van der Waals surface area contributed by atoms with Crippen molar-refractivity contribution in [2.24, 2.45) is 0 Å². The summed E-state index contributed by atoms with van der Waals surface area (Å²) in [5, 5.41) is 0. The Morgan fingerprint density at radius 3 is 1.21 bits per heavy atom. The van der Waals surface area contributed by atoms with Crippen LogP contribution in [0.2, 0.25) is 5.54 Å². The van der Waals surface area contributed by atoms with Crippen LogP contribution in [0.1, 0.15) is 20.3 Å². The molecule has 0 aromatic heterocycles. The molecule has 0 aliphatic carbocycles. The summed E-state index contributed by atoms with van der Waals surface area (Å²) >= 11 is 19.8. The molecule has 1 atom stereocenters. The van der Waals surface area contributed by atoms with Gasteiger partial charge in [0.25, 0.3) is 0.163 Å². The molecule has 0 rings (SSSR count). The summed E-state index contributed by atoms with van der Waals surface area (Å²) in [5.74, 6) is 0. The van der Waals surface area contributed by atoms with Crippen LogP contribution in [0, 0.1) is 0 Å². The van der Waals surface area contributed by atoms with E-state index in [1.54, 1.807) is 0 Å². The van der Waals surface area contributed by atoms with Gasteiger partial charge in [0.1, 0.15) is 0 Å². The van der Waals surface area contributed by atoms with E-state index in [1.165, 1.54) is 6.42 Å². The lowest BCUT2D eigenvalue weighted by atomic mass is 10.4. The van der Waals surface area contributed by atoms with Crippen molar-refractivity contribution in [2.45, 2.75) is 25.8 Å². The van der Waals surface area contributed by atoms with Crippen LogP contribution in [0.25, 0.3) is 0 Å². The Bertz CT molecular complexity index is 182. The first-order valence-corrected chi connectivity index (χ1v) is 33.7. The van der Waals surface area contributed by atoms with E-state index < -0.39 is 4.77 Å². The van der Waals surface area contributed by atoms with E-state index >= 15 is 0 Å². The highest BCUT2D eigenvalue weighted by atomic mass is 127. The Labute approximate surface area is 178 Å². The van der Waals surface area contributed by atoms with Crippen LogP contribution in [0.5, 0.6) is 0 Å². The molecule has 0 saturated heterocycles. The first kappa shape index (κ1) is 19.8. The molecule has 0 aliphatic rings. The molecule has 0 nitrogen and oxygen atoms in total. The Morgan fingerprint density at radius 1 is 0.857 bits per heavy atom. The zero-order valence-electron chi connectivity index (χ0n) is 7.43. The van der Waals surface area contributed by atoms with Gasteiger partial charge in [-0.15, -0.1) is 21.8 Å². The van der Waals surface area contributed by atoms with Crippen molar-refractivity contribution in [3.63, 3.8) is 0 Å². The van der Waals surface area contributed by atoms with Gasteiger partial charge in [-0.1, -0.05) is 151 Å². The van der Waals surface area contributed by atoms with Crippen LogP contribution >= 0.6 is 153 Å². The molecule has 86 valence electrons. The summed E-state index contributed by atoms with van der Waals surface area (Å²) in [4.78, 5) is 0. The highest BCUT2D eigenvalue weighted by molar-refractivity contribution is 14.4. The Morgan fingerprint density at radius 2 is 1.14 bits per heavy atom. The first-order chi connectivity index (χ1) is 5.98. The minimum atomic E-state index is -1.09. The van der Waals surface area contributed by atoms with Crippen molar-refractivity contribution in [3.05, 3.63) is 0 Å². The average molecular weight is 1030 g/mol. The van der Waals surface area contributed by atoms with Gasteiger partial charge >= 0.3 is 0 Å². The van der Waals surface area contributed by atoms with E-state index in [9.17, 15) is 0 Å². The van der Waals surface area contributed by atoms with Crippen LogP contribution in [-0.4, -0.2) is 4.77 Å².